The number of nitrogens with zero attached hydrogens (tertiary/aromatic N) is 3. The lowest BCUT2D eigenvalue weighted by Crippen LogP contribution is -2.50. The van der Waals surface area contributed by atoms with E-state index in [9.17, 15) is 8.78 Å². The molecule has 0 atom stereocenters. The number of nitrogens with two attached hydrogens (primary N) is 1. The minimum atomic E-state index is -0.535. The highest BCUT2D eigenvalue weighted by atomic mass is 32.1. The van der Waals surface area contributed by atoms with Crippen LogP contribution < -0.4 is 16.1 Å². The molecule has 138 valence electrons. The summed E-state index contributed by atoms with van der Waals surface area (Å²) in [6.07, 6.45) is 3.37. The maximum Gasteiger partial charge on any atom is 0.184 e. The number of benzene rings is 1. The van der Waals surface area contributed by atoms with E-state index in [-0.39, 0.29) is 10.7 Å². The van der Waals surface area contributed by atoms with Gasteiger partial charge >= 0.3 is 0 Å². The maximum absolute atomic E-state index is 14.4. The number of anilines is 1. The van der Waals surface area contributed by atoms with E-state index >= 15 is 0 Å². The molecule has 0 amide bonds. The molecule has 0 aromatic heterocycles. The first kappa shape index (κ1) is 19.5. The van der Waals surface area contributed by atoms with Crippen molar-refractivity contribution in [2.45, 2.75) is 32.7 Å². The van der Waals surface area contributed by atoms with Gasteiger partial charge in [-0.3, -0.25) is 10.3 Å². The third-order valence-electron chi connectivity index (χ3n) is 4.56. The Hall–Kier alpha value is -1.80. The van der Waals surface area contributed by atoms with Gasteiger partial charge in [0.25, 0.3) is 0 Å². The van der Waals surface area contributed by atoms with Crippen LogP contribution in [0.25, 0.3) is 0 Å². The summed E-state index contributed by atoms with van der Waals surface area (Å²) in [5.74, 6) is -0.999. The van der Waals surface area contributed by atoms with E-state index in [1.54, 1.807) is 0 Å². The first-order chi connectivity index (χ1) is 12.0. The van der Waals surface area contributed by atoms with Gasteiger partial charge in [0.2, 0.25) is 0 Å². The van der Waals surface area contributed by atoms with Crippen LogP contribution in [0.2, 0.25) is 0 Å². The molecule has 3 N–H and O–H groups in total. The standard InChI is InChI=1S/C17H25F2N5S/c1-3-13(4-2)23-5-7-24(8-6-23)16-10-14(18)12(9-15(16)19)11-21-22-17(20)25/h9-11,13H,3-8H2,1-2H3,(H3,20,22,25)/b21-11+. The molecule has 25 heavy (non-hydrogen) atoms. The van der Waals surface area contributed by atoms with Crippen LogP contribution in [0.1, 0.15) is 32.3 Å². The molecule has 1 saturated heterocycles. The smallest absolute Gasteiger partial charge is 0.184 e. The normalized spacial score (nSPS) is 16.0. The molecule has 1 fully saturated rings. The van der Waals surface area contributed by atoms with Gasteiger partial charge in [-0.15, -0.1) is 0 Å². The summed E-state index contributed by atoms with van der Waals surface area (Å²) in [6.45, 7) is 7.44. The van der Waals surface area contributed by atoms with Crippen LogP contribution in [0.4, 0.5) is 14.5 Å². The van der Waals surface area contributed by atoms with Crippen LogP contribution in [0, 0.1) is 11.6 Å². The summed E-state index contributed by atoms with van der Waals surface area (Å²) in [6, 6.07) is 2.93. The summed E-state index contributed by atoms with van der Waals surface area (Å²) in [4.78, 5) is 4.32. The SMILES string of the molecule is CCC(CC)N1CCN(c2cc(F)c(/C=N/NC(N)=S)cc2F)CC1. The summed E-state index contributed by atoms with van der Waals surface area (Å²) < 4.78 is 28.7. The predicted octanol–water partition coefficient (Wildman–Crippen LogP) is 2.44. The number of thiocarbonyl (C=S) groups is 1. The molecule has 1 heterocycles. The molecule has 5 nitrogen and oxygen atoms in total. The Balaban J connectivity index is 2.07. The Morgan fingerprint density at radius 3 is 2.44 bits per heavy atom. The Kier molecular flexibility index (Phi) is 7.07. The molecule has 1 aromatic carbocycles. The van der Waals surface area contributed by atoms with E-state index in [0.29, 0.717) is 24.8 Å². The zero-order valence-corrected chi connectivity index (χ0v) is 15.5. The molecule has 8 heteroatoms. The van der Waals surface area contributed by atoms with E-state index < -0.39 is 11.6 Å². The Morgan fingerprint density at radius 2 is 1.88 bits per heavy atom. The highest BCUT2D eigenvalue weighted by Gasteiger charge is 2.24. The van der Waals surface area contributed by atoms with Crippen molar-refractivity contribution in [1.29, 1.82) is 0 Å². The quantitative estimate of drug-likeness (QED) is 0.458. The molecule has 2 rings (SSSR count). The number of piperazine rings is 1. The van der Waals surface area contributed by atoms with Crippen molar-refractivity contribution in [2.24, 2.45) is 10.8 Å². The lowest BCUT2D eigenvalue weighted by molar-refractivity contribution is 0.175. The first-order valence-electron chi connectivity index (χ1n) is 8.52. The van der Waals surface area contributed by atoms with Gasteiger partial charge in [0, 0.05) is 43.9 Å². The molecule has 0 aliphatic carbocycles. The van der Waals surface area contributed by atoms with Gasteiger partial charge in [-0.05, 0) is 31.1 Å². The molecule has 1 aliphatic rings. The van der Waals surface area contributed by atoms with Crippen LogP contribution in [-0.2, 0) is 0 Å². The highest BCUT2D eigenvalue weighted by molar-refractivity contribution is 7.80. The maximum atomic E-state index is 14.4. The summed E-state index contributed by atoms with van der Waals surface area (Å²) in [5, 5.41) is 3.63. The average Bonchev–Trinajstić information content (AvgIpc) is 2.59. The third-order valence-corrected chi connectivity index (χ3v) is 4.65. The van der Waals surface area contributed by atoms with E-state index in [0.717, 1.165) is 38.2 Å². The largest absolute Gasteiger partial charge is 0.375 e. The second-order valence-electron chi connectivity index (χ2n) is 6.05. The number of nitrogens with one attached hydrogen (secondary N) is 1. The second-order valence-corrected chi connectivity index (χ2v) is 6.49. The zero-order valence-electron chi connectivity index (χ0n) is 14.6. The predicted molar refractivity (Wildman–Crippen MR) is 102 cm³/mol. The Bertz CT molecular complexity index is 626. The number of hydrogen-bond donors (Lipinski definition) is 2. The number of hydrazone groups is 1. The molecule has 1 aromatic rings. The number of halogens is 2. The third kappa shape index (κ3) is 5.09. The van der Waals surface area contributed by atoms with E-state index in [2.05, 4.69) is 41.5 Å². The van der Waals surface area contributed by atoms with Crippen molar-refractivity contribution in [3.63, 3.8) is 0 Å². The molecular formula is C17H25F2N5S. The van der Waals surface area contributed by atoms with E-state index in [1.165, 1.54) is 6.07 Å². The molecule has 0 spiro atoms. The van der Waals surface area contributed by atoms with Gasteiger partial charge in [-0.2, -0.15) is 5.10 Å². The van der Waals surface area contributed by atoms with Crippen molar-refractivity contribution >= 4 is 29.2 Å². The lowest BCUT2D eigenvalue weighted by Gasteiger charge is -2.40. The molecule has 0 saturated carbocycles. The van der Waals surface area contributed by atoms with Gasteiger partial charge < -0.3 is 10.6 Å². The summed E-state index contributed by atoms with van der Waals surface area (Å²) in [5.41, 5.74) is 7.88. The van der Waals surface area contributed by atoms with Crippen molar-refractivity contribution in [3.8, 4) is 0 Å². The molecule has 0 bridgehead atoms. The number of hydrogen-bond acceptors (Lipinski definition) is 4. The first-order valence-corrected chi connectivity index (χ1v) is 8.93. The van der Waals surface area contributed by atoms with Crippen molar-refractivity contribution in [2.75, 3.05) is 31.1 Å². The molecule has 1 aliphatic heterocycles. The van der Waals surface area contributed by atoms with Gasteiger partial charge in [0.1, 0.15) is 11.6 Å². The summed E-state index contributed by atoms with van der Waals surface area (Å²) in [7, 11) is 0. The van der Waals surface area contributed by atoms with Crippen LogP contribution in [0.3, 0.4) is 0 Å². The summed E-state index contributed by atoms with van der Waals surface area (Å²) >= 11 is 4.60. The fraction of sp³-hybridized carbons (Fsp3) is 0.529. The lowest BCUT2D eigenvalue weighted by atomic mass is 10.1. The topological polar surface area (TPSA) is 56.9 Å². The Morgan fingerprint density at radius 1 is 1.24 bits per heavy atom. The van der Waals surface area contributed by atoms with Crippen molar-refractivity contribution < 1.29 is 8.78 Å². The van der Waals surface area contributed by atoms with Gasteiger partial charge in [0.05, 0.1) is 11.9 Å². The molecule has 0 radical (unpaired) electrons. The Labute approximate surface area is 152 Å². The monoisotopic (exact) mass is 369 g/mol. The van der Waals surface area contributed by atoms with Crippen molar-refractivity contribution in [1.82, 2.24) is 10.3 Å². The van der Waals surface area contributed by atoms with Gasteiger partial charge in [-0.1, -0.05) is 13.8 Å². The second kappa shape index (κ2) is 9.05. The van der Waals surface area contributed by atoms with Gasteiger partial charge in [0.15, 0.2) is 5.11 Å². The van der Waals surface area contributed by atoms with Crippen LogP contribution in [0.15, 0.2) is 17.2 Å². The van der Waals surface area contributed by atoms with Gasteiger partial charge in [-0.25, -0.2) is 8.78 Å². The van der Waals surface area contributed by atoms with Crippen molar-refractivity contribution in [3.05, 3.63) is 29.3 Å². The highest BCUT2D eigenvalue weighted by Crippen LogP contribution is 2.25. The van der Waals surface area contributed by atoms with Crippen LogP contribution in [0.5, 0.6) is 0 Å². The fourth-order valence-corrected chi connectivity index (χ4v) is 3.24. The molecular weight excluding hydrogens is 344 g/mol. The number of rotatable bonds is 6. The van der Waals surface area contributed by atoms with E-state index in [4.69, 9.17) is 5.73 Å². The fourth-order valence-electron chi connectivity index (χ4n) is 3.19. The van der Waals surface area contributed by atoms with Crippen LogP contribution >= 0.6 is 12.2 Å². The zero-order chi connectivity index (χ0) is 18.4. The minimum absolute atomic E-state index is 0.0379. The molecule has 0 unspecified atom stereocenters. The van der Waals surface area contributed by atoms with E-state index in [1.807, 2.05) is 4.90 Å². The van der Waals surface area contributed by atoms with Crippen LogP contribution in [-0.4, -0.2) is 48.4 Å². The minimum Gasteiger partial charge on any atom is -0.375 e. The average molecular weight is 369 g/mol.